The third-order valence-electron chi connectivity index (χ3n) is 5.65. The van der Waals surface area contributed by atoms with Gasteiger partial charge in [-0.2, -0.15) is 18.3 Å². The molecule has 36 heavy (non-hydrogen) atoms. The highest BCUT2D eigenvalue weighted by Gasteiger charge is 2.30. The van der Waals surface area contributed by atoms with Crippen molar-refractivity contribution in [3.63, 3.8) is 0 Å². The summed E-state index contributed by atoms with van der Waals surface area (Å²) in [6, 6.07) is 22.5. The molecule has 3 aromatic carbocycles. The topological polar surface area (TPSA) is 69.0 Å². The highest BCUT2D eigenvalue weighted by molar-refractivity contribution is 7.90. The number of carbonyl (C=O) groups excluding carboxylic acids is 1. The van der Waals surface area contributed by atoms with Gasteiger partial charge in [0, 0.05) is 24.7 Å². The van der Waals surface area contributed by atoms with Crippen LogP contribution in [0.1, 0.15) is 23.2 Å². The van der Waals surface area contributed by atoms with Crippen molar-refractivity contribution in [2.45, 2.75) is 30.3 Å². The molecule has 0 saturated heterocycles. The van der Waals surface area contributed by atoms with Crippen LogP contribution < -0.4 is 0 Å². The highest BCUT2D eigenvalue weighted by atomic mass is 32.2. The SMILES string of the molecule is CS(=O)(=O)c1ccc(-n2nc(CCC(=O)Cc3cccc(C(F)(F)F)c3)cc2-c2ccccc2)cc1. The maximum atomic E-state index is 12.9. The van der Waals surface area contributed by atoms with Gasteiger partial charge in [-0.1, -0.05) is 48.5 Å². The van der Waals surface area contributed by atoms with Gasteiger partial charge in [-0.3, -0.25) is 4.79 Å². The number of Topliss-reactive ketones (excluding diaryl/α,β-unsaturated/α-hetero) is 1. The predicted molar refractivity (Wildman–Crippen MR) is 131 cm³/mol. The molecule has 0 amide bonds. The van der Waals surface area contributed by atoms with Gasteiger partial charge in [0.1, 0.15) is 5.78 Å². The molecule has 0 saturated carbocycles. The molecular weight excluding hydrogens is 489 g/mol. The van der Waals surface area contributed by atoms with Crippen LogP contribution >= 0.6 is 0 Å². The minimum Gasteiger partial charge on any atom is -0.299 e. The fourth-order valence-corrected chi connectivity index (χ4v) is 4.47. The van der Waals surface area contributed by atoms with Crippen LogP contribution in [-0.2, 0) is 33.6 Å². The number of nitrogens with zero attached hydrogens (tertiary/aromatic N) is 2. The number of aromatic nitrogens is 2. The minimum absolute atomic E-state index is 0.0941. The molecule has 0 aliphatic rings. The molecule has 4 rings (SSSR count). The van der Waals surface area contributed by atoms with Gasteiger partial charge in [0.2, 0.25) is 0 Å². The Balaban J connectivity index is 1.55. The lowest BCUT2D eigenvalue weighted by Gasteiger charge is -2.08. The van der Waals surface area contributed by atoms with Crippen molar-refractivity contribution in [2.24, 2.45) is 0 Å². The van der Waals surface area contributed by atoms with Crippen LogP contribution in [0.15, 0.2) is 89.8 Å². The quantitative estimate of drug-likeness (QED) is 0.304. The van der Waals surface area contributed by atoms with Crippen molar-refractivity contribution >= 4 is 15.6 Å². The molecule has 0 aliphatic heterocycles. The maximum Gasteiger partial charge on any atom is 0.416 e. The smallest absolute Gasteiger partial charge is 0.299 e. The van der Waals surface area contributed by atoms with Crippen LogP contribution in [0, 0.1) is 0 Å². The Hall–Kier alpha value is -3.72. The summed E-state index contributed by atoms with van der Waals surface area (Å²) in [6.45, 7) is 0. The number of ketones is 1. The molecule has 5 nitrogen and oxygen atoms in total. The largest absolute Gasteiger partial charge is 0.416 e. The number of rotatable bonds is 8. The van der Waals surface area contributed by atoms with E-state index >= 15 is 0 Å². The molecule has 1 aromatic heterocycles. The lowest BCUT2D eigenvalue weighted by Crippen LogP contribution is -2.08. The van der Waals surface area contributed by atoms with Gasteiger partial charge in [-0.05, 0) is 48.4 Å². The van der Waals surface area contributed by atoms with E-state index in [4.69, 9.17) is 0 Å². The monoisotopic (exact) mass is 512 g/mol. The summed E-state index contributed by atoms with van der Waals surface area (Å²) in [5.41, 5.74) is 2.49. The van der Waals surface area contributed by atoms with E-state index in [1.807, 2.05) is 36.4 Å². The van der Waals surface area contributed by atoms with Crippen molar-refractivity contribution < 1.29 is 26.4 Å². The summed E-state index contributed by atoms with van der Waals surface area (Å²) in [6.07, 6.45) is -2.98. The standard InChI is InChI=1S/C27H23F3N2O3S/c1-36(34,35)25-14-11-23(12-15-25)32-26(20-7-3-2-4-8-20)18-22(31-32)10-13-24(33)17-19-6-5-9-21(16-19)27(28,29)30/h2-9,11-12,14-16,18H,10,13,17H2,1H3. The van der Waals surface area contributed by atoms with Crippen LogP contribution in [-0.4, -0.2) is 30.2 Å². The summed E-state index contributed by atoms with van der Waals surface area (Å²) in [5.74, 6) is -0.192. The van der Waals surface area contributed by atoms with Crippen molar-refractivity contribution in [3.05, 3.63) is 102 Å². The summed E-state index contributed by atoms with van der Waals surface area (Å²) in [4.78, 5) is 12.7. The van der Waals surface area contributed by atoms with Crippen molar-refractivity contribution in [2.75, 3.05) is 6.26 Å². The molecule has 0 fully saturated rings. The van der Waals surface area contributed by atoms with Gasteiger partial charge in [0.25, 0.3) is 0 Å². The number of halogens is 3. The van der Waals surface area contributed by atoms with Gasteiger partial charge in [-0.25, -0.2) is 13.1 Å². The number of aryl methyl sites for hydroxylation is 1. The molecule has 1 heterocycles. The molecule has 0 unspecified atom stereocenters. The van der Waals surface area contributed by atoms with Crippen LogP contribution in [0.4, 0.5) is 13.2 Å². The zero-order valence-electron chi connectivity index (χ0n) is 19.4. The Kier molecular flexibility index (Phi) is 7.12. The number of carbonyl (C=O) groups is 1. The average Bonchev–Trinajstić information content (AvgIpc) is 3.27. The van der Waals surface area contributed by atoms with Crippen molar-refractivity contribution in [1.82, 2.24) is 9.78 Å². The van der Waals surface area contributed by atoms with Crippen LogP contribution in [0.5, 0.6) is 0 Å². The zero-order valence-corrected chi connectivity index (χ0v) is 20.2. The number of hydrogen-bond acceptors (Lipinski definition) is 4. The van der Waals surface area contributed by atoms with Gasteiger partial charge < -0.3 is 0 Å². The average molecular weight is 513 g/mol. The molecule has 0 spiro atoms. The van der Waals surface area contributed by atoms with Gasteiger partial charge in [-0.15, -0.1) is 0 Å². The minimum atomic E-state index is -4.46. The second-order valence-corrected chi connectivity index (χ2v) is 10.5. The second-order valence-electron chi connectivity index (χ2n) is 8.48. The first-order chi connectivity index (χ1) is 17.0. The Morgan fingerprint density at radius 1 is 0.917 bits per heavy atom. The lowest BCUT2D eigenvalue weighted by molar-refractivity contribution is -0.137. The number of benzene rings is 3. The molecule has 0 N–H and O–H groups in total. The third-order valence-corrected chi connectivity index (χ3v) is 6.78. The molecule has 0 bridgehead atoms. The molecule has 186 valence electrons. The molecule has 4 aromatic rings. The van der Waals surface area contributed by atoms with E-state index < -0.39 is 21.6 Å². The lowest BCUT2D eigenvalue weighted by atomic mass is 10.0. The van der Waals surface area contributed by atoms with Gasteiger partial charge in [0.05, 0.1) is 27.5 Å². The Bertz CT molecular complexity index is 1480. The fourth-order valence-electron chi connectivity index (χ4n) is 3.84. The first kappa shape index (κ1) is 25.4. The second kappa shape index (κ2) is 10.1. The van der Waals surface area contributed by atoms with Crippen LogP contribution in [0.3, 0.4) is 0 Å². The molecular formula is C27H23F3N2O3S. The van der Waals surface area contributed by atoms with Crippen LogP contribution in [0.2, 0.25) is 0 Å². The molecule has 0 aliphatic carbocycles. The van der Waals surface area contributed by atoms with E-state index in [0.29, 0.717) is 23.4 Å². The summed E-state index contributed by atoms with van der Waals surface area (Å²) in [7, 11) is -3.34. The highest BCUT2D eigenvalue weighted by Crippen LogP contribution is 2.30. The van der Waals surface area contributed by atoms with E-state index in [9.17, 15) is 26.4 Å². The Labute approximate surface area is 207 Å². The molecule has 0 atom stereocenters. The first-order valence-electron chi connectivity index (χ1n) is 11.1. The molecule has 0 radical (unpaired) electrons. The number of sulfone groups is 1. The number of alkyl halides is 3. The van der Waals surface area contributed by atoms with E-state index in [2.05, 4.69) is 5.10 Å². The van der Waals surface area contributed by atoms with E-state index in [-0.39, 0.29) is 23.5 Å². The summed E-state index contributed by atoms with van der Waals surface area (Å²) in [5, 5.41) is 4.64. The Morgan fingerprint density at radius 2 is 1.61 bits per heavy atom. The van der Waals surface area contributed by atoms with Crippen molar-refractivity contribution in [3.8, 4) is 16.9 Å². The third kappa shape index (κ3) is 6.09. The van der Waals surface area contributed by atoms with Gasteiger partial charge in [0.15, 0.2) is 9.84 Å². The Morgan fingerprint density at radius 3 is 2.25 bits per heavy atom. The predicted octanol–water partition coefficient (Wildman–Crippen LogP) is 5.71. The van der Waals surface area contributed by atoms with Crippen molar-refractivity contribution in [1.29, 1.82) is 0 Å². The number of hydrogen-bond donors (Lipinski definition) is 0. The van der Waals surface area contributed by atoms with Crippen LogP contribution in [0.25, 0.3) is 16.9 Å². The summed E-state index contributed by atoms with van der Waals surface area (Å²) >= 11 is 0. The first-order valence-corrected chi connectivity index (χ1v) is 13.0. The van der Waals surface area contributed by atoms with E-state index in [1.165, 1.54) is 24.3 Å². The zero-order chi connectivity index (χ0) is 25.9. The molecule has 9 heteroatoms. The van der Waals surface area contributed by atoms with E-state index in [0.717, 1.165) is 29.6 Å². The van der Waals surface area contributed by atoms with E-state index in [1.54, 1.807) is 16.8 Å². The van der Waals surface area contributed by atoms with Gasteiger partial charge >= 0.3 is 6.18 Å². The summed E-state index contributed by atoms with van der Waals surface area (Å²) < 4.78 is 64.2. The normalized spacial score (nSPS) is 12.0. The maximum absolute atomic E-state index is 12.9. The fraction of sp³-hybridized carbons (Fsp3) is 0.185.